The van der Waals surface area contributed by atoms with Gasteiger partial charge < -0.3 is 24.1 Å². The first-order chi connectivity index (χ1) is 17.3. The number of alkyl halides is 3. The van der Waals surface area contributed by atoms with Crippen molar-refractivity contribution in [3.05, 3.63) is 52.5 Å². The predicted octanol–water partition coefficient (Wildman–Crippen LogP) is 7.16. The second-order valence-electron chi connectivity index (χ2n) is 9.59. The van der Waals surface area contributed by atoms with Crippen molar-refractivity contribution < 1.29 is 42.0 Å². The minimum absolute atomic E-state index is 0.0124. The van der Waals surface area contributed by atoms with Crippen molar-refractivity contribution >= 4 is 17.6 Å². The molecule has 1 heterocycles. The highest BCUT2D eigenvalue weighted by atomic mass is 35.5. The van der Waals surface area contributed by atoms with Crippen LogP contribution in [0.4, 0.5) is 13.2 Å². The lowest BCUT2D eigenvalue weighted by atomic mass is 9.88. The molecule has 2 aromatic carbocycles. The molecule has 6 nitrogen and oxygen atoms in total. The third-order valence-corrected chi connectivity index (χ3v) is 6.61. The smallest absolute Gasteiger partial charge is 0.418 e. The molecular weight excluding hydrogens is 513 g/mol. The maximum Gasteiger partial charge on any atom is 0.418 e. The van der Waals surface area contributed by atoms with Crippen LogP contribution in [0, 0.1) is 0 Å². The summed E-state index contributed by atoms with van der Waals surface area (Å²) in [6.07, 6.45) is -5.12. The van der Waals surface area contributed by atoms with E-state index in [1.54, 1.807) is 58.0 Å². The topological polar surface area (TPSA) is 74.2 Å². The Bertz CT molecular complexity index is 1080. The molecule has 0 aliphatic carbocycles. The lowest BCUT2D eigenvalue weighted by molar-refractivity contribution is -0.257. The molecule has 1 unspecified atom stereocenters. The van der Waals surface area contributed by atoms with Crippen molar-refractivity contribution in [2.75, 3.05) is 13.2 Å². The fraction of sp³-hybridized carbons (Fsp3) is 0.519. The molecule has 0 aromatic heterocycles. The van der Waals surface area contributed by atoms with E-state index in [9.17, 15) is 23.1 Å². The summed E-state index contributed by atoms with van der Waals surface area (Å²) in [6.45, 7) is 7.34. The summed E-state index contributed by atoms with van der Waals surface area (Å²) in [5.74, 6) is 0.321. The van der Waals surface area contributed by atoms with E-state index in [4.69, 9.17) is 30.5 Å². The van der Waals surface area contributed by atoms with Crippen molar-refractivity contribution in [1.29, 1.82) is 0 Å². The molecule has 0 bridgehead atoms. The molecule has 1 aliphatic rings. The van der Waals surface area contributed by atoms with Gasteiger partial charge in [0, 0.05) is 12.8 Å². The number of benzene rings is 2. The number of hydrogen-bond donors (Lipinski definition) is 1. The highest BCUT2D eigenvalue weighted by Crippen LogP contribution is 2.47. The molecule has 37 heavy (non-hydrogen) atoms. The second kappa shape index (κ2) is 11.4. The van der Waals surface area contributed by atoms with Gasteiger partial charge in [-0.3, -0.25) is 0 Å². The third kappa shape index (κ3) is 7.02. The summed E-state index contributed by atoms with van der Waals surface area (Å²) >= 11 is 6.23. The summed E-state index contributed by atoms with van der Waals surface area (Å²) in [6, 6.07) is 9.52. The van der Waals surface area contributed by atoms with Crippen LogP contribution in [-0.2, 0) is 16.0 Å². The Morgan fingerprint density at radius 3 is 2.24 bits per heavy atom. The molecule has 0 saturated heterocycles. The van der Waals surface area contributed by atoms with Gasteiger partial charge in [-0.25, -0.2) is 4.79 Å². The normalized spacial score (nSPS) is 17.1. The first kappa shape index (κ1) is 28.9. The summed E-state index contributed by atoms with van der Waals surface area (Å²) < 4.78 is 63.1. The van der Waals surface area contributed by atoms with Crippen molar-refractivity contribution in [3.8, 4) is 17.2 Å². The van der Waals surface area contributed by atoms with Gasteiger partial charge in [-0.2, -0.15) is 13.2 Å². The van der Waals surface area contributed by atoms with E-state index in [1.165, 1.54) is 6.07 Å². The fourth-order valence-corrected chi connectivity index (χ4v) is 4.47. The van der Waals surface area contributed by atoms with Gasteiger partial charge in [0.2, 0.25) is 5.60 Å². The summed E-state index contributed by atoms with van der Waals surface area (Å²) in [5.41, 5.74) is -1.74. The average molecular weight is 545 g/mol. The molecule has 2 aromatic rings. The van der Waals surface area contributed by atoms with E-state index in [2.05, 4.69) is 0 Å². The fourth-order valence-electron chi connectivity index (χ4n) is 4.25. The number of ether oxygens (including phenoxy) is 4. The van der Waals surface area contributed by atoms with Crippen LogP contribution in [0.3, 0.4) is 0 Å². The molecule has 204 valence electrons. The van der Waals surface area contributed by atoms with Gasteiger partial charge >= 0.3 is 12.1 Å². The van der Waals surface area contributed by atoms with E-state index in [1.807, 2.05) is 0 Å². The predicted molar refractivity (Wildman–Crippen MR) is 133 cm³/mol. The van der Waals surface area contributed by atoms with Gasteiger partial charge in [0.25, 0.3) is 0 Å². The molecular formula is C27H32ClF3O6. The van der Waals surface area contributed by atoms with Gasteiger partial charge in [-0.1, -0.05) is 25.4 Å². The molecule has 1 aliphatic heterocycles. The van der Waals surface area contributed by atoms with Crippen LogP contribution >= 0.6 is 11.6 Å². The molecule has 0 amide bonds. The number of carboxylic acids is 1. The standard InChI is InChI=1S/C27H32ClF3O6/c1-5-26(6-2,24(32)33)36-19-10-8-18(9-11-19)34-12-7-13-35-22-14-17-16-25(3,4)37-23(27(29,30)31)20(17)15-21(22)28/h8-11,14-15,23H,5-7,12-13,16H2,1-4H3,(H,32,33). The summed E-state index contributed by atoms with van der Waals surface area (Å²) in [7, 11) is 0. The molecule has 3 rings (SSSR count). The highest BCUT2D eigenvalue weighted by molar-refractivity contribution is 6.32. The van der Waals surface area contributed by atoms with Crippen molar-refractivity contribution in [2.24, 2.45) is 0 Å². The number of halogens is 4. The number of carboxylic acid groups (broad SMARTS) is 1. The van der Waals surface area contributed by atoms with Gasteiger partial charge in [0.05, 0.1) is 23.8 Å². The number of hydrogen-bond acceptors (Lipinski definition) is 5. The van der Waals surface area contributed by atoms with E-state index >= 15 is 0 Å². The van der Waals surface area contributed by atoms with Crippen molar-refractivity contribution in [3.63, 3.8) is 0 Å². The Morgan fingerprint density at radius 1 is 1.08 bits per heavy atom. The van der Waals surface area contributed by atoms with Gasteiger partial charge in [-0.15, -0.1) is 0 Å². The largest absolute Gasteiger partial charge is 0.493 e. The molecule has 0 radical (unpaired) electrons. The van der Waals surface area contributed by atoms with Crippen molar-refractivity contribution in [2.45, 2.75) is 76.9 Å². The quantitative estimate of drug-likeness (QED) is 0.302. The Labute approximate surface area is 219 Å². The van der Waals surface area contributed by atoms with Crippen LogP contribution in [0.1, 0.15) is 64.2 Å². The second-order valence-corrected chi connectivity index (χ2v) is 10.00. The van der Waals surface area contributed by atoms with Crippen LogP contribution in [0.5, 0.6) is 17.2 Å². The number of aliphatic carboxylic acids is 1. The SMILES string of the molecule is CCC(CC)(Oc1ccc(OCCCOc2cc3c(cc2Cl)C(C(F)(F)F)OC(C)(C)C3)cc1)C(=O)O. The summed E-state index contributed by atoms with van der Waals surface area (Å²) in [5, 5.41) is 9.60. The van der Waals surface area contributed by atoms with E-state index < -0.39 is 29.5 Å². The highest BCUT2D eigenvalue weighted by Gasteiger charge is 2.48. The molecule has 1 N–H and O–H groups in total. The van der Waals surface area contributed by atoms with Gasteiger partial charge in [-0.05, 0) is 74.2 Å². The molecule has 10 heteroatoms. The zero-order valence-corrected chi connectivity index (χ0v) is 22.0. The van der Waals surface area contributed by atoms with Crippen LogP contribution in [0.15, 0.2) is 36.4 Å². The molecule has 0 saturated carbocycles. The minimum Gasteiger partial charge on any atom is -0.493 e. The van der Waals surface area contributed by atoms with E-state index in [0.717, 1.165) is 0 Å². The molecule has 0 fully saturated rings. The first-order valence-corrected chi connectivity index (χ1v) is 12.5. The maximum atomic E-state index is 13.5. The van der Waals surface area contributed by atoms with Crippen LogP contribution in [0.25, 0.3) is 0 Å². The Hall–Kier alpha value is -2.65. The average Bonchev–Trinajstić information content (AvgIpc) is 2.82. The number of rotatable bonds is 11. The van der Waals surface area contributed by atoms with E-state index in [0.29, 0.717) is 55.1 Å². The maximum absolute atomic E-state index is 13.5. The Kier molecular flexibility index (Phi) is 8.90. The number of carbonyl (C=O) groups is 1. The van der Waals surface area contributed by atoms with Crippen LogP contribution < -0.4 is 14.2 Å². The third-order valence-electron chi connectivity index (χ3n) is 6.31. The lowest BCUT2D eigenvalue weighted by Crippen LogP contribution is -2.43. The summed E-state index contributed by atoms with van der Waals surface area (Å²) in [4.78, 5) is 11.6. The molecule has 0 spiro atoms. The first-order valence-electron chi connectivity index (χ1n) is 12.1. The van der Waals surface area contributed by atoms with Crippen molar-refractivity contribution in [1.82, 2.24) is 0 Å². The zero-order valence-electron chi connectivity index (χ0n) is 21.3. The van der Waals surface area contributed by atoms with E-state index in [-0.39, 0.29) is 17.2 Å². The van der Waals surface area contributed by atoms with Gasteiger partial charge in [0.1, 0.15) is 17.2 Å². The van der Waals surface area contributed by atoms with Gasteiger partial charge in [0.15, 0.2) is 6.10 Å². The minimum atomic E-state index is -4.55. The Balaban J connectivity index is 1.54. The Morgan fingerprint density at radius 2 is 1.68 bits per heavy atom. The van der Waals surface area contributed by atoms with Crippen LogP contribution in [-0.4, -0.2) is 41.7 Å². The van der Waals surface area contributed by atoms with Crippen LogP contribution in [0.2, 0.25) is 5.02 Å². The lowest BCUT2D eigenvalue weighted by Gasteiger charge is -2.38. The number of fused-ring (bicyclic) bond motifs is 1. The zero-order chi connectivity index (χ0) is 27.4. The molecule has 1 atom stereocenters. The monoisotopic (exact) mass is 544 g/mol.